The largest absolute Gasteiger partial charge is 0.395 e. The van der Waals surface area contributed by atoms with Gasteiger partial charge in [-0.1, -0.05) is 29.8 Å². The molecule has 0 fully saturated rings. The Kier molecular flexibility index (Phi) is 4.54. The lowest BCUT2D eigenvalue weighted by atomic mass is 9.83. The highest BCUT2D eigenvalue weighted by atomic mass is 35.5. The minimum absolute atomic E-state index is 0.207. The zero-order chi connectivity index (χ0) is 11.3. The van der Waals surface area contributed by atoms with Gasteiger partial charge in [0, 0.05) is 12.1 Å². The van der Waals surface area contributed by atoms with Crippen molar-refractivity contribution in [3.8, 4) is 0 Å². The Bertz CT molecular complexity index is 310. The van der Waals surface area contributed by atoms with Crippen LogP contribution in [0.2, 0.25) is 5.02 Å². The molecule has 1 aromatic rings. The van der Waals surface area contributed by atoms with Crippen molar-refractivity contribution in [1.82, 2.24) is 0 Å². The molecule has 1 aromatic carbocycles. The van der Waals surface area contributed by atoms with Crippen molar-refractivity contribution in [2.24, 2.45) is 0 Å². The Balaban J connectivity index is 3.13. The minimum atomic E-state index is -0.826. The fourth-order valence-electron chi connectivity index (χ4n) is 1.56. The van der Waals surface area contributed by atoms with Crippen LogP contribution in [-0.4, -0.2) is 37.1 Å². The van der Waals surface area contributed by atoms with Crippen LogP contribution < -0.4 is 0 Å². The highest BCUT2D eigenvalue weighted by molar-refractivity contribution is 6.31. The summed E-state index contributed by atoms with van der Waals surface area (Å²) in [5.74, 6) is 0. The minimum Gasteiger partial charge on any atom is -0.395 e. The molecular formula is C11H15ClO3. The molecule has 0 radical (unpaired) electrons. The van der Waals surface area contributed by atoms with Crippen molar-refractivity contribution in [3.05, 3.63) is 34.9 Å². The van der Waals surface area contributed by atoms with E-state index in [0.29, 0.717) is 10.6 Å². The fraction of sp³-hybridized carbons (Fsp3) is 0.455. The van der Waals surface area contributed by atoms with E-state index in [9.17, 15) is 10.2 Å². The van der Waals surface area contributed by atoms with Crippen LogP contribution >= 0.6 is 11.6 Å². The summed E-state index contributed by atoms with van der Waals surface area (Å²) >= 11 is 6.02. The molecule has 0 amide bonds. The van der Waals surface area contributed by atoms with E-state index in [1.54, 1.807) is 18.2 Å². The van der Waals surface area contributed by atoms with Crippen LogP contribution in [0.15, 0.2) is 24.3 Å². The van der Waals surface area contributed by atoms with Crippen LogP contribution in [-0.2, 0) is 10.2 Å². The Labute approximate surface area is 94.3 Å². The van der Waals surface area contributed by atoms with E-state index in [1.807, 2.05) is 6.07 Å². The molecule has 0 aliphatic carbocycles. The summed E-state index contributed by atoms with van der Waals surface area (Å²) in [4.78, 5) is 0. The first-order valence-corrected chi connectivity index (χ1v) is 5.03. The highest BCUT2D eigenvalue weighted by Gasteiger charge is 2.32. The molecule has 0 atom stereocenters. The lowest BCUT2D eigenvalue weighted by molar-refractivity contribution is 0.0419. The molecule has 2 N–H and O–H groups in total. The summed E-state index contributed by atoms with van der Waals surface area (Å²) in [7, 11) is 1.52. The Morgan fingerprint density at radius 1 is 1.27 bits per heavy atom. The van der Waals surface area contributed by atoms with Gasteiger partial charge in [0.15, 0.2) is 0 Å². The average Bonchev–Trinajstić information content (AvgIpc) is 2.27. The second-order valence-electron chi connectivity index (χ2n) is 3.51. The highest BCUT2D eigenvalue weighted by Crippen LogP contribution is 2.30. The third kappa shape index (κ3) is 2.49. The van der Waals surface area contributed by atoms with Crippen LogP contribution in [0.25, 0.3) is 0 Å². The molecule has 0 aliphatic heterocycles. The van der Waals surface area contributed by atoms with E-state index in [2.05, 4.69) is 0 Å². The van der Waals surface area contributed by atoms with Gasteiger partial charge in [-0.2, -0.15) is 0 Å². The third-order valence-electron chi connectivity index (χ3n) is 2.47. The summed E-state index contributed by atoms with van der Waals surface area (Å²) in [6, 6.07) is 7.13. The van der Waals surface area contributed by atoms with Crippen molar-refractivity contribution in [1.29, 1.82) is 0 Å². The lowest BCUT2D eigenvalue weighted by Gasteiger charge is -2.30. The first kappa shape index (κ1) is 12.5. The van der Waals surface area contributed by atoms with E-state index < -0.39 is 5.41 Å². The quantitative estimate of drug-likeness (QED) is 0.800. The monoisotopic (exact) mass is 230 g/mol. The zero-order valence-corrected chi connectivity index (χ0v) is 9.37. The maximum absolute atomic E-state index is 9.39. The van der Waals surface area contributed by atoms with Crippen molar-refractivity contribution in [2.75, 3.05) is 26.9 Å². The number of hydrogen-bond donors (Lipinski definition) is 2. The number of ether oxygens (including phenoxy) is 1. The van der Waals surface area contributed by atoms with Crippen molar-refractivity contribution in [3.63, 3.8) is 0 Å². The number of halogens is 1. The van der Waals surface area contributed by atoms with Gasteiger partial charge in [-0.25, -0.2) is 0 Å². The van der Waals surface area contributed by atoms with Crippen LogP contribution in [0, 0.1) is 0 Å². The first-order valence-electron chi connectivity index (χ1n) is 4.66. The maximum Gasteiger partial charge on any atom is 0.0662 e. The smallest absolute Gasteiger partial charge is 0.0662 e. The Morgan fingerprint density at radius 2 is 1.87 bits per heavy atom. The maximum atomic E-state index is 9.39. The van der Waals surface area contributed by atoms with Gasteiger partial charge in [0.1, 0.15) is 0 Å². The number of methoxy groups -OCH3 is 1. The van der Waals surface area contributed by atoms with Crippen LogP contribution in [0.3, 0.4) is 0 Å². The van der Waals surface area contributed by atoms with Crippen molar-refractivity contribution in [2.45, 2.75) is 5.41 Å². The average molecular weight is 231 g/mol. The molecule has 0 heterocycles. The van der Waals surface area contributed by atoms with Crippen LogP contribution in [0.4, 0.5) is 0 Å². The second kappa shape index (κ2) is 5.47. The van der Waals surface area contributed by atoms with Gasteiger partial charge in [-0.05, 0) is 11.6 Å². The van der Waals surface area contributed by atoms with E-state index in [0.717, 1.165) is 0 Å². The summed E-state index contributed by atoms with van der Waals surface area (Å²) in [6.45, 7) is -0.189. The standard InChI is InChI=1S/C11H15ClO3/c1-15-8-11(6-13,7-14)9-4-2-3-5-10(9)12/h2-5,13-14H,6-8H2,1H3. The van der Waals surface area contributed by atoms with Gasteiger partial charge in [-0.15, -0.1) is 0 Å². The Morgan fingerprint density at radius 3 is 2.33 bits per heavy atom. The predicted octanol–water partition coefficient (Wildman–Crippen LogP) is 1.21. The molecule has 0 aliphatic rings. The lowest BCUT2D eigenvalue weighted by Crippen LogP contribution is -2.39. The molecule has 0 aromatic heterocycles. The van der Waals surface area contributed by atoms with Crippen molar-refractivity contribution < 1.29 is 14.9 Å². The SMILES string of the molecule is COCC(CO)(CO)c1ccccc1Cl. The van der Waals surface area contributed by atoms with Gasteiger partial charge >= 0.3 is 0 Å². The normalized spacial score (nSPS) is 11.7. The molecule has 3 nitrogen and oxygen atoms in total. The summed E-state index contributed by atoms with van der Waals surface area (Å²) in [5, 5.41) is 19.3. The molecule has 15 heavy (non-hydrogen) atoms. The van der Waals surface area contributed by atoms with Gasteiger partial charge < -0.3 is 14.9 Å². The van der Waals surface area contributed by atoms with Gasteiger partial charge in [-0.3, -0.25) is 0 Å². The molecule has 0 unspecified atom stereocenters. The molecule has 0 saturated heterocycles. The van der Waals surface area contributed by atoms with Gasteiger partial charge in [0.2, 0.25) is 0 Å². The topological polar surface area (TPSA) is 49.7 Å². The molecule has 4 heteroatoms. The Hall–Kier alpha value is -0.610. The van der Waals surface area contributed by atoms with Gasteiger partial charge in [0.25, 0.3) is 0 Å². The summed E-state index contributed by atoms with van der Waals surface area (Å²) < 4.78 is 5.02. The number of rotatable bonds is 5. The fourth-order valence-corrected chi connectivity index (χ4v) is 1.89. The molecule has 0 bridgehead atoms. The molecule has 0 saturated carbocycles. The molecule has 1 rings (SSSR count). The number of aliphatic hydroxyl groups excluding tert-OH is 2. The van der Waals surface area contributed by atoms with Crippen molar-refractivity contribution >= 4 is 11.6 Å². The number of hydrogen-bond acceptors (Lipinski definition) is 3. The van der Waals surface area contributed by atoms with E-state index in [-0.39, 0.29) is 19.8 Å². The second-order valence-corrected chi connectivity index (χ2v) is 3.92. The van der Waals surface area contributed by atoms with Crippen LogP contribution in [0.1, 0.15) is 5.56 Å². The summed E-state index contributed by atoms with van der Waals surface area (Å²) in [6.07, 6.45) is 0. The molecular weight excluding hydrogens is 216 g/mol. The molecule has 84 valence electrons. The van der Waals surface area contributed by atoms with E-state index >= 15 is 0 Å². The third-order valence-corrected chi connectivity index (χ3v) is 2.80. The molecule has 0 spiro atoms. The predicted molar refractivity (Wildman–Crippen MR) is 59.2 cm³/mol. The van der Waals surface area contributed by atoms with Gasteiger partial charge in [0.05, 0.1) is 25.2 Å². The van der Waals surface area contributed by atoms with Crippen LogP contribution in [0.5, 0.6) is 0 Å². The first-order chi connectivity index (χ1) is 7.20. The van der Waals surface area contributed by atoms with E-state index in [4.69, 9.17) is 16.3 Å². The number of benzene rings is 1. The number of aliphatic hydroxyl groups is 2. The van der Waals surface area contributed by atoms with E-state index in [1.165, 1.54) is 7.11 Å². The summed E-state index contributed by atoms with van der Waals surface area (Å²) in [5.41, 5.74) is -0.119. The zero-order valence-electron chi connectivity index (χ0n) is 8.61.